The van der Waals surface area contributed by atoms with Gasteiger partial charge >= 0.3 is 0 Å². The molecule has 0 unspecified atom stereocenters. The summed E-state index contributed by atoms with van der Waals surface area (Å²) in [5.41, 5.74) is 1.24. The van der Waals surface area contributed by atoms with Gasteiger partial charge < -0.3 is 5.32 Å². The van der Waals surface area contributed by atoms with Crippen LogP contribution in [0.3, 0.4) is 0 Å². The maximum Gasteiger partial charge on any atom is 0.0373 e. The van der Waals surface area contributed by atoms with Crippen molar-refractivity contribution in [1.82, 2.24) is 4.98 Å². The molecular weight excluding hydrogens is 172 g/mol. The van der Waals surface area contributed by atoms with Crippen molar-refractivity contribution in [3.63, 3.8) is 0 Å². The molecular formula is C12H16N2. The fourth-order valence-corrected chi connectivity index (χ4v) is 2.17. The summed E-state index contributed by atoms with van der Waals surface area (Å²) < 4.78 is 0. The van der Waals surface area contributed by atoms with Gasteiger partial charge in [0.2, 0.25) is 0 Å². The van der Waals surface area contributed by atoms with Crippen LogP contribution in [0.4, 0.5) is 5.69 Å². The molecule has 1 heterocycles. The second kappa shape index (κ2) is 3.26. The number of hydrogen-bond acceptors (Lipinski definition) is 2. The van der Waals surface area contributed by atoms with Crippen molar-refractivity contribution in [1.29, 1.82) is 0 Å². The molecule has 0 amide bonds. The molecule has 0 atom stereocenters. The predicted octanol–water partition coefficient (Wildman–Crippen LogP) is 2.68. The first-order valence-electron chi connectivity index (χ1n) is 5.60. The second-order valence-corrected chi connectivity index (χ2v) is 4.58. The summed E-state index contributed by atoms with van der Waals surface area (Å²) in [5, 5.41) is 3.66. The predicted molar refractivity (Wildman–Crippen MR) is 57.1 cm³/mol. The lowest BCUT2D eigenvalue weighted by molar-refractivity contribution is 0.568. The largest absolute Gasteiger partial charge is 0.382 e. The Labute approximate surface area is 84.7 Å². The number of aromatic nitrogens is 1. The molecule has 1 aromatic rings. The van der Waals surface area contributed by atoms with E-state index >= 15 is 0 Å². The fraction of sp³-hybridized carbons (Fsp3) is 0.583. The van der Waals surface area contributed by atoms with Crippen LogP contribution in [0.2, 0.25) is 0 Å². The van der Waals surface area contributed by atoms with Crippen molar-refractivity contribution in [3.8, 4) is 0 Å². The van der Waals surface area contributed by atoms with Crippen LogP contribution in [0.5, 0.6) is 0 Å². The molecule has 74 valence electrons. The van der Waals surface area contributed by atoms with Gasteiger partial charge in [0.25, 0.3) is 0 Å². The zero-order chi connectivity index (χ0) is 9.38. The molecule has 1 N–H and O–H groups in total. The van der Waals surface area contributed by atoms with E-state index in [4.69, 9.17) is 0 Å². The Kier molecular flexibility index (Phi) is 1.93. The average Bonchev–Trinajstić information content (AvgIpc) is 3.08. The summed E-state index contributed by atoms with van der Waals surface area (Å²) in [4.78, 5) is 4.03. The van der Waals surface area contributed by atoms with Gasteiger partial charge in [0.05, 0.1) is 0 Å². The van der Waals surface area contributed by atoms with E-state index in [1.807, 2.05) is 12.4 Å². The topological polar surface area (TPSA) is 24.9 Å². The second-order valence-electron chi connectivity index (χ2n) is 4.58. The molecule has 3 rings (SSSR count). The standard InChI is InChI=1S/C12H16N2/c1-2-9(1)12(10-3-4-10)14-11-5-7-13-8-6-11/h5-10,12H,1-4H2,(H,13,14). The molecule has 0 aliphatic heterocycles. The molecule has 2 heteroatoms. The number of nitrogens with zero attached hydrogens (tertiary/aromatic N) is 1. The third kappa shape index (κ3) is 1.74. The molecule has 14 heavy (non-hydrogen) atoms. The zero-order valence-electron chi connectivity index (χ0n) is 8.32. The van der Waals surface area contributed by atoms with Crippen LogP contribution >= 0.6 is 0 Å². The van der Waals surface area contributed by atoms with Gasteiger partial charge in [-0.3, -0.25) is 4.98 Å². The van der Waals surface area contributed by atoms with E-state index in [1.165, 1.54) is 31.4 Å². The zero-order valence-corrected chi connectivity index (χ0v) is 8.32. The van der Waals surface area contributed by atoms with E-state index < -0.39 is 0 Å². The van der Waals surface area contributed by atoms with Gasteiger partial charge in [-0.2, -0.15) is 0 Å². The molecule has 2 saturated carbocycles. The molecule has 2 aliphatic carbocycles. The molecule has 0 bridgehead atoms. The lowest BCUT2D eigenvalue weighted by Gasteiger charge is -2.18. The van der Waals surface area contributed by atoms with Gasteiger partial charge in [-0.25, -0.2) is 0 Å². The van der Waals surface area contributed by atoms with E-state index in [1.54, 1.807) is 0 Å². The van der Waals surface area contributed by atoms with Crippen molar-refractivity contribution in [2.75, 3.05) is 5.32 Å². The normalized spacial score (nSPS) is 21.2. The van der Waals surface area contributed by atoms with Crippen molar-refractivity contribution in [2.45, 2.75) is 31.7 Å². The summed E-state index contributed by atoms with van der Waals surface area (Å²) in [7, 11) is 0. The van der Waals surface area contributed by atoms with Crippen molar-refractivity contribution >= 4 is 5.69 Å². The minimum Gasteiger partial charge on any atom is -0.382 e. The van der Waals surface area contributed by atoms with Crippen LogP contribution in [-0.4, -0.2) is 11.0 Å². The molecule has 0 spiro atoms. The number of anilines is 1. The molecule has 2 aliphatic rings. The molecule has 1 aromatic heterocycles. The summed E-state index contributed by atoms with van der Waals surface area (Å²) in [6, 6.07) is 4.88. The maximum atomic E-state index is 4.03. The highest BCUT2D eigenvalue weighted by Crippen LogP contribution is 2.45. The van der Waals surface area contributed by atoms with Gasteiger partial charge in [-0.1, -0.05) is 0 Å². The van der Waals surface area contributed by atoms with Crippen LogP contribution in [0, 0.1) is 11.8 Å². The monoisotopic (exact) mass is 188 g/mol. The Morgan fingerprint density at radius 1 is 1.07 bits per heavy atom. The van der Waals surface area contributed by atoms with Gasteiger partial charge in [0.15, 0.2) is 0 Å². The molecule has 0 radical (unpaired) electrons. The first kappa shape index (κ1) is 8.27. The van der Waals surface area contributed by atoms with Crippen LogP contribution in [0.25, 0.3) is 0 Å². The number of rotatable bonds is 4. The van der Waals surface area contributed by atoms with E-state index in [9.17, 15) is 0 Å². The number of nitrogens with one attached hydrogen (secondary N) is 1. The van der Waals surface area contributed by atoms with Gasteiger partial charge in [-0.15, -0.1) is 0 Å². The van der Waals surface area contributed by atoms with E-state index in [0.717, 1.165) is 17.9 Å². The van der Waals surface area contributed by atoms with Crippen LogP contribution in [0.15, 0.2) is 24.5 Å². The molecule has 0 saturated heterocycles. The van der Waals surface area contributed by atoms with Crippen molar-refractivity contribution in [3.05, 3.63) is 24.5 Å². The summed E-state index contributed by atoms with van der Waals surface area (Å²) >= 11 is 0. The van der Waals surface area contributed by atoms with Crippen LogP contribution < -0.4 is 5.32 Å². The van der Waals surface area contributed by atoms with E-state index in [0.29, 0.717) is 0 Å². The molecule has 2 fully saturated rings. The number of hydrogen-bond donors (Lipinski definition) is 1. The lowest BCUT2D eigenvalue weighted by atomic mass is 10.1. The summed E-state index contributed by atoms with van der Waals surface area (Å²) in [5.74, 6) is 1.91. The van der Waals surface area contributed by atoms with Crippen LogP contribution in [-0.2, 0) is 0 Å². The van der Waals surface area contributed by atoms with Gasteiger partial charge in [-0.05, 0) is 49.7 Å². The average molecular weight is 188 g/mol. The Balaban J connectivity index is 1.69. The Bertz CT molecular complexity index is 289. The van der Waals surface area contributed by atoms with Gasteiger partial charge in [0, 0.05) is 24.1 Å². The molecule has 2 nitrogen and oxygen atoms in total. The van der Waals surface area contributed by atoms with Gasteiger partial charge in [0.1, 0.15) is 0 Å². The number of pyridine rings is 1. The van der Waals surface area contributed by atoms with E-state index in [-0.39, 0.29) is 0 Å². The lowest BCUT2D eigenvalue weighted by Crippen LogP contribution is -2.24. The van der Waals surface area contributed by atoms with E-state index in [2.05, 4.69) is 22.4 Å². The third-order valence-electron chi connectivity index (χ3n) is 3.27. The fourth-order valence-electron chi connectivity index (χ4n) is 2.17. The highest BCUT2D eigenvalue weighted by Gasteiger charge is 2.41. The highest BCUT2D eigenvalue weighted by atomic mass is 15.0. The Morgan fingerprint density at radius 3 is 2.14 bits per heavy atom. The Hall–Kier alpha value is -1.05. The first-order chi connectivity index (χ1) is 6.93. The Morgan fingerprint density at radius 2 is 1.64 bits per heavy atom. The minimum absolute atomic E-state index is 0.748. The molecule has 0 aromatic carbocycles. The summed E-state index contributed by atoms with van der Waals surface area (Å²) in [6.45, 7) is 0. The smallest absolute Gasteiger partial charge is 0.0373 e. The minimum atomic E-state index is 0.748. The highest BCUT2D eigenvalue weighted by molar-refractivity contribution is 5.42. The van der Waals surface area contributed by atoms with Crippen LogP contribution in [0.1, 0.15) is 25.7 Å². The maximum absolute atomic E-state index is 4.03. The quantitative estimate of drug-likeness (QED) is 0.785. The van der Waals surface area contributed by atoms with Crippen molar-refractivity contribution < 1.29 is 0 Å². The first-order valence-corrected chi connectivity index (χ1v) is 5.60. The SMILES string of the molecule is c1cc(NC(C2CC2)C2CC2)ccn1. The third-order valence-corrected chi connectivity index (χ3v) is 3.27. The summed E-state index contributed by atoms with van der Waals surface area (Å²) in [6.07, 6.45) is 9.44. The van der Waals surface area contributed by atoms with Crippen molar-refractivity contribution in [2.24, 2.45) is 11.8 Å².